The molecule has 0 radical (unpaired) electrons. The van der Waals surface area contributed by atoms with Crippen molar-refractivity contribution in [3.63, 3.8) is 0 Å². The second-order valence-electron chi connectivity index (χ2n) is 6.98. The normalized spacial score (nSPS) is 23.3. The first-order valence-electron chi connectivity index (χ1n) is 9.06. The van der Waals surface area contributed by atoms with E-state index in [0.717, 1.165) is 25.1 Å². The lowest BCUT2D eigenvalue weighted by Gasteiger charge is -2.34. The minimum Gasteiger partial charge on any atom is -0.390 e. The minimum absolute atomic E-state index is 0.00151. The standard InChI is InChI=1S/C21H23N3O2/c25-20-15-24(21(26)6-5-16-7-10-22-11-8-16)14-19(20)23-12-9-17-3-1-2-4-18(17)13-23/h1-8,10-11,19-20,25H,9,12-15H2/b6-5+/t19-,20-/m1/s1. The van der Waals surface area contributed by atoms with Gasteiger partial charge in [-0.2, -0.15) is 0 Å². The number of carbonyl (C=O) groups is 1. The fourth-order valence-electron chi connectivity index (χ4n) is 3.86. The van der Waals surface area contributed by atoms with Crippen LogP contribution >= 0.6 is 0 Å². The lowest BCUT2D eigenvalue weighted by Crippen LogP contribution is -2.45. The average molecular weight is 349 g/mol. The number of benzene rings is 1. The maximum atomic E-state index is 12.5. The number of aliphatic hydroxyl groups is 1. The molecule has 0 aliphatic carbocycles. The summed E-state index contributed by atoms with van der Waals surface area (Å²) in [6, 6.07) is 12.2. The van der Waals surface area contributed by atoms with Crippen LogP contribution in [0.3, 0.4) is 0 Å². The number of likely N-dealkylation sites (tertiary alicyclic amines) is 1. The Morgan fingerprint density at radius 2 is 1.88 bits per heavy atom. The molecule has 1 aromatic heterocycles. The summed E-state index contributed by atoms with van der Waals surface area (Å²) in [5.74, 6) is -0.0548. The van der Waals surface area contributed by atoms with Crippen LogP contribution in [-0.2, 0) is 17.8 Å². The Bertz CT molecular complexity index is 806. The van der Waals surface area contributed by atoms with E-state index in [-0.39, 0.29) is 11.9 Å². The second kappa shape index (κ2) is 7.40. The number of aromatic nitrogens is 1. The van der Waals surface area contributed by atoms with Gasteiger partial charge in [-0.25, -0.2) is 0 Å². The number of hydrogen-bond donors (Lipinski definition) is 1. The van der Waals surface area contributed by atoms with Gasteiger partial charge in [0, 0.05) is 44.6 Å². The molecule has 5 nitrogen and oxygen atoms in total. The van der Waals surface area contributed by atoms with Gasteiger partial charge in [-0.15, -0.1) is 0 Å². The monoisotopic (exact) mass is 349 g/mol. The summed E-state index contributed by atoms with van der Waals surface area (Å²) in [5, 5.41) is 10.5. The number of β-amino-alcohol motifs (C(OH)–C–C–N with tert-alkyl or cyclic N) is 1. The Hall–Kier alpha value is -2.50. The van der Waals surface area contributed by atoms with Crippen LogP contribution in [0.1, 0.15) is 16.7 Å². The Balaban J connectivity index is 1.40. The quantitative estimate of drug-likeness (QED) is 0.858. The van der Waals surface area contributed by atoms with Gasteiger partial charge in [0.25, 0.3) is 0 Å². The fourth-order valence-corrected chi connectivity index (χ4v) is 3.86. The number of rotatable bonds is 3. The van der Waals surface area contributed by atoms with E-state index in [4.69, 9.17) is 0 Å². The van der Waals surface area contributed by atoms with Gasteiger partial charge in [0.1, 0.15) is 0 Å². The molecule has 1 amide bonds. The Labute approximate surface area is 153 Å². The van der Waals surface area contributed by atoms with Crippen molar-refractivity contribution in [2.24, 2.45) is 0 Å². The topological polar surface area (TPSA) is 56.7 Å². The third kappa shape index (κ3) is 3.54. The van der Waals surface area contributed by atoms with Crippen LogP contribution in [-0.4, -0.2) is 57.6 Å². The van der Waals surface area contributed by atoms with Crippen LogP contribution < -0.4 is 0 Å². The first-order valence-corrected chi connectivity index (χ1v) is 9.06. The summed E-state index contributed by atoms with van der Waals surface area (Å²) in [4.78, 5) is 20.5. The zero-order valence-corrected chi connectivity index (χ0v) is 14.7. The molecule has 2 atom stereocenters. The fraction of sp³-hybridized carbons (Fsp3) is 0.333. The summed E-state index contributed by atoms with van der Waals surface area (Å²) < 4.78 is 0. The first-order chi connectivity index (χ1) is 12.7. The first kappa shape index (κ1) is 16.9. The molecule has 1 N–H and O–H groups in total. The van der Waals surface area contributed by atoms with Crippen molar-refractivity contribution < 1.29 is 9.90 Å². The summed E-state index contributed by atoms with van der Waals surface area (Å²) in [7, 11) is 0. The maximum Gasteiger partial charge on any atom is 0.246 e. The van der Waals surface area contributed by atoms with Gasteiger partial charge in [-0.05, 0) is 41.3 Å². The lowest BCUT2D eigenvalue weighted by atomic mass is 9.98. The number of nitrogens with zero attached hydrogens (tertiary/aromatic N) is 3. The molecule has 134 valence electrons. The number of amides is 1. The Morgan fingerprint density at radius 3 is 2.69 bits per heavy atom. The molecule has 0 spiro atoms. The Kier molecular flexibility index (Phi) is 4.82. The van der Waals surface area contributed by atoms with Crippen molar-refractivity contribution in [3.8, 4) is 0 Å². The molecule has 2 aliphatic rings. The smallest absolute Gasteiger partial charge is 0.246 e. The van der Waals surface area contributed by atoms with E-state index in [0.29, 0.717) is 13.1 Å². The van der Waals surface area contributed by atoms with Crippen molar-refractivity contribution in [3.05, 3.63) is 71.6 Å². The molecule has 26 heavy (non-hydrogen) atoms. The molecule has 3 heterocycles. The molecule has 4 rings (SSSR count). The molecular weight excluding hydrogens is 326 g/mol. The Morgan fingerprint density at radius 1 is 1.12 bits per heavy atom. The van der Waals surface area contributed by atoms with Crippen LogP contribution in [0.2, 0.25) is 0 Å². The summed E-state index contributed by atoms with van der Waals surface area (Å²) in [5.41, 5.74) is 3.66. The van der Waals surface area contributed by atoms with Gasteiger partial charge in [-0.1, -0.05) is 24.3 Å². The molecule has 0 saturated carbocycles. The number of fused-ring (bicyclic) bond motifs is 1. The molecule has 5 heteroatoms. The van der Waals surface area contributed by atoms with Crippen LogP contribution in [0.5, 0.6) is 0 Å². The van der Waals surface area contributed by atoms with E-state index in [9.17, 15) is 9.90 Å². The number of hydrogen-bond acceptors (Lipinski definition) is 4. The van der Waals surface area contributed by atoms with Crippen molar-refractivity contribution in [1.29, 1.82) is 0 Å². The van der Waals surface area contributed by atoms with Gasteiger partial charge < -0.3 is 10.0 Å². The summed E-state index contributed by atoms with van der Waals surface area (Å²) >= 11 is 0. The molecule has 1 fully saturated rings. The molecule has 1 aromatic carbocycles. The van der Waals surface area contributed by atoms with Crippen molar-refractivity contribution >= 4 is 12.0 Å². The van der Waals surface area contributed by atoms with Gasteiger partial charge in [0.2, 0.25) is 5.91 Å². The van der Waals surface area contributed by atoms with Gasteiger partial charge in [-0.3, -0.25) is 14.7 Å². The van der Waals surface area contributed by atoms with Crippen LogP contribution in [0, 0.1) is 0 Å². The summed E-state index contributed by atoms with van der Waals surface area (Å²) in [6.07, 6.45) is 7.27. The second-order valence-corrected chi connectivity index (χ2v) is 6.98. The molecule has 0 unspecified atom stereocenters. The number of pyridine rings is 1. The van der Waals surface area contributed by atoms with E-state index in [1.54, 1.807) is 29.4 Å². The molecule has 2 aliphatic heterocycles. The van der Waals surface area contributed by atoms with Crippen molar-refractivity contribution in [2.75, 3.05) is 19.6 Å². The molecule has 2 aromatic rings. The summed E-state index contributed by atoms with van der Waals surface area (Å²) in [6.45, 7) is 2.73. The van der Waals surface area contributed by atoms with Crippen molar-refractivity contribution in [1.82, 2.24) is 14.8 Å². The van der Waals surface area contributed by atoms with Crippen LogP contribution in [0.25, 0.3) is 6.08 Å². The minimum atomic E-state index is -0.501. The zero-order chi connectivity index (χ0) is 17.9. The third-order valence-corrected chi connectivity index (χ3v) is 5.32. The van der Waals surface area contributed by atoms with Crippen molar-refractivity contribution in [2.45, 2.75) is 25.1 Å². The molecule has 0 bridgehead atoms. The van der Waals surface area contributed by atoms with Crippen LogP contribution in [0.15, 0.2) is 54.9 Å². The highest BCUT2D eigenvalue weighted by Crippen LogP contribution is 2.25. The average Bonchev–Trinajstić information content (AvgIpc) is 3.08. The highest BCUT2D eigenvalue weighted by Gasteiger charge is 2.37. The largest absolute Gasteiger partial charge is 0.390 e. The third-order valence-electron chi connectivity index (χ3n) is 5.32. The SMILES string of the molecule is O=C(/C=C/c1ccncc1)N1C[C@@H](O)[C@H](N2CCc3ccccc3C2)C1. The lowest BCUT2D eigenvalue weighted by molar-refractivity contribution is -0.125. The number of carbonyl (C=O) groups excluding carboxylic acids is 1. The maximum absolute atomic E-state index is 12.5. The zero-order valence-electron chi connectivity index (χ0n) is 14.7. The molecular formula is C21H23N3O2. The van der Waals surface area contributed by atoms with E-state index in [2.05, 4.69) is 34.1 Å². The van der Waals surface area contributed by atoms with Crippen LogP contribution in [0.4, 0.5) is 0 Å². The highest BCUT2D eigenvalue weighted by molar-refractivity contribution is 5.92. The predicted octanol–water partition coefficient (Wildman–Crippen LogP) is 1.72. The van der Waals surface area contributed by atoms with E-state index >= 15 is 0 Å². The van der Waals surface area contributed by atoms with E-state index in [1.165, 1.54) is 11.1 Å². The van der Waals surface area contributed by atoms with E-state index < -0.39 is 6.10 Å². The highest BCUT2D eigenvalue weighted by atomic mass is 16.3. The van der Waals surface area contributed by atoms with E-state index in [1.807, 2.05) is 12.1 Å². The predicted molar refractivity (Wildman–Crippen MR) is 100 cm³/mol. The van der Waals surface area contributed by atoms with Gasteiger partial charge in [0.05, 0.1) is 12.1 Å². The number of aliphatic hydroxyl groups excluding tert-OH is 1. The van der Waals surface area contributed by atoms with Gasteiger partial charge >= 0.3 is 0 Å². The molecule has 1 saturated heterocycles. The van der Waals surface area contributed by atoms with Gasteiger partial charge in [0.15, 0.2) is 0 Å².